The van der Waals surface area contributed by atoms with E-state index in [9.17, 15) is 4.79 Å². The number of rotatable bonds is 2. The Balaban J connectivity index is 1.59. The van der Waals surface area contributed by atoms with Crippen LogP contribution in [0.15, 0.2) is 83.9 Å². The second kappa shape index (κ2) is 6.73. The van der Waals surface area contributed by atoms with E-state index < -0.39 is 0 Å². The molecule has 0 saturated heterocycles. The highest BCUT2D eigenvalue weighted by atomic mass is 32.1. The highest BCUT2D eigenvalue weighted by molar-refractivity contribution is 7.16. The smallest absolute Gasteiger partial charge is 0.252 e. The van der Waals surface area contributed by atoms with E-state index in [-0.39, 0.29) is 5.91 Å². The summed E-state index contributed by atoms with van der Waals surface area (Å²) in [6.45, 7) is 0. The quantitative estimate of drug-likeness (QED) is 0.412. The molecule has 5 rings (SSSR count). The van der Waals surface area contributed by atoms with Gasteiger partial charge in [0.2, 0.25) is 0 Å². The number of benzene rings is 4. The first-order valence-corrected chi connectivity index (χ1v) is 10.0. The molecule has 3 nitrogen and oxygen atoms in total. The number of carbonyl (C=O) groups excluding carboxylic acids is 1. The molecule has 0 radical (unpaired) electrons. The lowest BCUT2D eigenvalue weighted by Gasteiger charge is -2.04. The van der Waals surface area contributed by atoms with Crippen LogP contribution in [-0.4, -0.2) is 10.5 Å². The maximum absolute atomic E-state index is 12.7. The number of nitrogens with zero attached hydrogens (tertiary/aromatic N) is 2. The van der Waals surface area contributed by atoms with Crippen LogP contribution in [0.3, 0.4) is 0 Å². The van der Waals surface area contributed by atoms with E-state index in [0.717, 1.165) is 31.4 Å². The Kier molecular flexibility index (Phi) is 4.06. The van der Waals surface area contributed by atoms with Crippen LogP contribution < -0.4 is 4.80 Å². The van der Waals surface area contributed by atoms with Gasteiger partial charge in [0.05, 0.1) is 16.6 Å². The number of carbonyl (C=O) groups is 1. The number of thiazole rings is 1. The topological polar surface area (TPSA) is 34.4 Å². The molecule has 0 spiro atoms. The molecule has 1 aromatic heterocycles. The lowest BCUT2D eigenvalue weighted by molar-refractivity contribution is -0.117. The maximum Gasteiger partial charge on any atom is 0.252 e. The molecule has 28 heavy (non-hydrogen) atoms. The van der Waals surface area contributed by atoms with Gasteiger partial charge in [-0.1, -0.05) is 84.1 Å². The van der Waals surface area contributed by atoms with E-state index in [1.54, 1.807) is 11.3 Å². The highest BCUT2D eigenvalue weighted by Gasteiger charge is 2.10. The fourth-order valence-corrected chi connectivity index (χ4v) is 4.83. The average molecular weight is 382 g/mol. The molecule has 0 aliphatic carbocycles. The zero-order chi connectivity index (χ0) is 19.1. The number of amides is 1. The lowest BCUT2D eigenvalue weighted by atomic mass is 10.0. The minimum atomic E-state index is -0.122. The molecule has 5 aromatic rings. The summed E-state index contributed by atoms with van der Waals surface area (Å²) in [5.74, 6) is -0.122. The SMILES string of the molecule is Cn1c(=NC(=O)Cc2cccc3ccccc23)sc2ccc3ccccc3c21. The second-order valence-electron chi connectivity index (χ2n) is 6.90. The fourth-order valence-electron chi connectivity index (χ4n) is 3.78. The minimum absolute atomic E-state index is 0.122. The highest BCUT2D eigenvalue weighted by Crippen LogP contribution is 2.26. The molecule has 0 bridgehead atoms. The van der Waals surface area contributed by atoms with E-state index >= 15 is 0 Å². The van der Waals surface area contributed by atoms with Gasteiger partial charge in [-0.15, -0.1) is 0 Å². The number of aromatic nitrogens is 1. The normalized spacial score (nSPS) is 12.2. The molecule has 1 heterocycles. The van der Waals surface area contributed by atoms with Gasteiger partial charge in [0.25, 0.3) is 5.91 Å². The minimum Gasteiger partial charge on any atom is -0.319 e. The predicted molar refractivity (Wildman–Crippen MR) is 117 cm³/mol. The van der Waals surface area contributed by atoms with Crippen LogP contribution in [0.25, 0.3) is 31.8 Å². The van der Waals surface area contributed by atoms with Crippen LogP contribution in [-0.2, 0) is 18.3 Å². The van der Waals surface area contributed by atoms with Crippen molar-refractivity contribution in [3.05, 3.63) is 89.2 Å². The predicted octanol–water partition coefficient (Wildman–Crippen LogP) is 5.22. The van der Waals surface area contributed by atoms with E-state index in [0.29, 0.717) is 6.42 Å². The number of hydrogen-bond acceptors (Lipinski definition) is 2. The second-order valence-corrected chi connectivity index (χ2v) is 7.91. The Labute approximate surface area is 166 Å². The summed E-state index contributed by atoms with van der Waals surface area (Å²) in [7, 11) is 1.98. The molecule has 0 N–H and O–H groups in total. The number of hydrogen-bond donors (Lipinski definition) is 0. The van der Waals surface area contributed by atoms with Crippen molar-refractivity contribution in [3.8, 4) is 0 Å². The van der Waals surface area contributed by atoms with Crippen LogP contribution in [0.2, 0.25) is 0 Å². The molecular weight excluding hydrogens is 364 g/mol. The summed E-state index contributed by atoms with van der Waals surface area (Å²) in [5.41, 5.74) is 2.14. The third-order valence-corrected chi connectivity index (χ3v) is 6.23. The first-order chi connectivity index (χ1) is 13.7. The molecule has 0 atom stereocenters. The standard InChI is InChI=1S/C24H18N2OS/c1-26-23-20-12-5-3-8-17(20)13-14-21(23)28-24(26)25-22(27)15-18-10-6-9-16-7-2-4-11-19(16)18/h2-14H,15H2,1H3. The Morgan fingerprint density at radius 2 is 1.54 bits per heavy atom. The summed E-state index contributed by atoms with van der Waals surface area (Å²) in [4.78, 5) is 17.9. The van der Waals surface area contributed by atoms with Crippen molar-refractivity contribution in [2.24, 2.45) is 12.0 Å². The molecule has 136 valence electrons. The molecular formula is C24H18N2OS. The summed E-state index contributed by atoms with van der Waals surface area (Å²) < 4.78 is 3.17. The first kappa shape index (κ1) is 16.9. The Hall–Kier alpha value is -3.24. The fraction of sp³-hybridized carbons (Fsp3) is 0.0833. The van der Waals surface area contributed by atoms with Gasteiger partial charge in [0.15, 0.2) is 4.80 Å². The van der Waals surface area contributed by atoms with Crippen LogP contribution in [0.1, 0.15) is 5.56 Å². The van der Waals surface area contributed by atoms with Gasteiger partial charge < -0.3 is 4.57 Å². The molecule has 0 aliphatic rings. The maximum atomic E-state index is 12.7. The van der Waals surface area contributed by atoms with Gasteiger partial charge in [-0.05, 0) is 27.8 Å². The van der Waals surface area contributed by atoms with Crippen LogP contribution >= 0.6 is 11.3 Å². The van der Waals surface area contributed by atoms with Gasteiger partial charge in [-0.3, -0.25) is 4.79 Å². The summed E-state index contributed by atoms with van der Waals surface area (Å²) in [6, 6.07) is 26.8. The lowest BCUT2D eigenvalue weighted by Crippen LogP contribution is -2.14. The van der Waals surface area contributed by atoms with E-state index in [1.165, 1.54) is 10.8 Å². The Bertz CT molecular complexity index is 1420. The number of aryl methyl sites for hydroxylation is 1. The number of fused-ring (bicyclic) bond motifs is 4. The van der Waals surface area contributed by atoms with Crippen molar-refractivity contribution in [2.75, 3.05) is 0 Å². The summed E-state index contributed by atoms with van der Waals surface area (Å²) >= 11 is 1.56. The largest absolute Gasteiger partial charge is 0.319 e. The van der Waals surface area contributed by atoms with Crippen LogP contribution in [0.5, 0.6) is 0 Å². The molecule has 4 heteroatoms. The van der Waals surface area contributed by atoms with Crippen molar-refractivity contribution in [1.29, 1.82) is 0 Å². The average Bonchev–Trinajstić information content (AvgIpc) is 3.04. The summed E-state index contributed by atoms with van der Waals surface area (Å²) in [6.07, 6.45) is 0.302. The third kappa shape index (κ3) is 2.83. The molecule has 1 amide bonds. The van der Waals surface area contributed by atoms with E-state index in [4.69, 9.17) is 0 Å². The zero-order valence-electron chi connectivity index (χ0n) is 15.4. The van der Waals surface area contributed by atoms with Crippen molar-refractivity contribution in [2.45, 2.75) is 6.42 Å². The van der Waals surface area contributed by atoms with Gasteiger partial charge >= 0.3 is 0 Å². The van der Waals surface area contributed by atoms with E-state index in [2.05, 4.69) is 47.5 Å². The Morgan fingerprint density at radius 1 is 0.857 bits per heavy atom. The molecule has 0 unspecified atom stereocenters. The van der Waals surface area contributed by atoms with Crippen molar-refractivity contribution in [1.82, 2.24) is 4.57 Å². The van der Waals surface area contributed by atoms with Gasteiger partial charge in [0.1, 0.15) is 0 Å². The molecule has 0 saturated carbocycles. The zero-order valence-corrected chi connectivity index (χ0v) is 16.2. The van der Waals surface area contributed by atoms with E-state index in [1.807, 2.05) is 48.0 Å². The molecule has 0 aliphatic heterocycles. The van der Waals surface area contributed by atoms with Crippen molar-refractivity contribution in [3.63, 3.8) is 0 Å². The first-order valence-electron chi connectivity index (χ1n) is 9.22. The van der Waals surface area contributed by atoms with Crippen LogP contribution in [0.4, 0.5) is 0 Å². The molecule has 4 aromatic carbocycles. The van der Waals surface area contributed by atoms with Crippen molar-refractivity contribution < 1.29 is 4.79 Å². The van der Waals surface area contributed by atoms with Gasteiger partial charge in [-0.25, -0.2) is 0 Å². The van der Waals surface area contributed by atoms with Gasteiger partial charge in [-0.2, -0.15) is 4.99 Å². The molecule has 0 fully saturated rings. The summed E-state index contributed by atoms with van der Waals surface area (Å²) in [5, 5.41) is 4.63. The Morgan fingerprint density at radius 3 is 2.36 bits per heavy atom. The van der Waals surface area contributed by atoms with Crippen molar-refractivity contribution >= 4 is 49.0 Å². The van der Waals surface area contributed by atoms with Crippen LogP contribution in [0, 0.1) is 0 Å². The monoisotopic (exact) mass is 382 g/mol. The third-order valence-electron chi connectivity index (χ3n) is 5.13. The van der Waals surface area contributed by atoms with Gasteiger partial charge in [0, 0.05) is 12.4 Å².